The molecule has 1 aromatic heterocycles. The number of hydrogen-bond acceptors (Lipinski definition) is 5. The summed E-state index contributed by atoms with van der Waals surface area (Å²) in [6.45, 7) is 3.12. The minimum absolute atomic E-state index is 0.0263. The van der Waals surface area contributed by atoms with Crippen LogP contribution in [0, 0.1) is 11.7 Å². The van der Waals surface area contributed by atoms with Crippen LogP contribution in [0.3, 0.4) is 0 Å². The molecule has 0 saturated heterocycles. The molecule has 1 saturated carbocycles. The van der Waals surface area contributed by atoms with Gasteiger partial charge < -0.3 is 15.0 Å². The van der Waals surface area contributed by atoms with Crippen molar-refractivity contribution in [2.24, 2.45) is 5.92 Å². The zero-order valence-electron chi connectivity index (χ0n) is 18.9. The number of nitrogens with one attached hydrogen (secondary N) is 1. The first-order valence-electron chi connectivity index (χ1n) is 11.5. The molecule has 0 radical (unpaired) electrons. The Morgan fingerprint density at radius 3 is 2.74 bits per heavy atom. The van der Waals surface area contributed by atoms with Crippen molar-refractivity contribution in [2.45, 2.75) is 38.8 Å². The summed E-state index contributed by atoms with van der Waals surface area (Å²) >= 11 is 1.39. The van der Waals surface area contributed by atoms with Gasteiger partial charge in [0.15, 0.2) is 0 Å². The molecule has 1 aliphatic carbocycles. The molecule has 176 valence electrons. The van der Waals surface area contributed by atoms with E-state index in [0.29, 0.717) is 30.5 Å². The van der Waals surface area contributed by atoms with Crippen LogP contribution in [0.2, 0.25) is 0 Å². The Morgan fingerprint density at radius 1 is 1.21 bits per heavy atom. The molecule has 6 nitrogen and oxygen atoms in total. The lowest BCUT2D eigenvalue weighted by atomic mass is 9.88. The topological polar surface area (TPSA) is 71.5 Å². The van der Waals surface area contributed by atoms with Gasteiger partial charge in [-0.15, -0.1) is 11.3 Å². The largest absolute Gasteiger partial charge is 0.486 e. The number of benzene rings is 2. The minimum atomic E-state index is -0.310. The van der Waals surface area contributed by atoms with Crippen LogP contribution in [0.5, 0.6) is 5.75 Å². The second-order valence-electron chi connectivity index (χ2n) is 8.85. The number of hydrogen-bond donors (Lipinski definition) is 1. The van der Waals surface area contributed by atoms with Crippen LogP contribution in [0.4, 0.5) is 4.39 Å². The average molecular weight is 480 g/mol. The second kappa shape index (κ2) is 9.54. The van der Waals surface area contributed by atoms with Crippen LogP contribution in [0.25, 0.3) is 0 Å². The van der Waals surface area contributed by atoms with E-state index in [9.17, 15) is 14.0 Å². The van der Waals surface area contributed by atoms with Crippen LogP contribution in [-0.4, -0.2) is 34.8 Å². The number of amides is 2. The van der Waals surface area contributed by atoms with Crippen LogP contribution in [0.15, 0.2) is 47.8 Å². The first kappa shape index (κ1) is 22.5. The van der Waals surface area contributed by atoms with Crippen LogP contribution in [0.1, 0.15) is 58.0 Å². The van der Waals surface area contributed by atoms with Crippen molar-refractivity contribution in [1.29, 1.82) is 0 Å². The normalized spacial score (nSPS) is 17.2. The van der Waals surface area contributed by atoms with Gasteiger partial charge in [0, 0.05) is 25.4 Å². The molecule has 0 unspecified atom stereocenters. The second-order valence-corrected chi connectivity index (χ2v) is 9.79. The molecule has 34 heavy (non-hydrogen) atoms. The van der Waals surface area contributed by atoms with E-state index in [2.05, 4.69) is 10.3 Å². The van der Waals surface area contributed by atoms with Crippen LogP contribution in [-0.2, 0) is 17.8 Å². The Bertz CT molecular complexity index is 1210. The quantitative estimate of drug-likeness (QED) is 0.542. The standard InChI is InChI=1S/C26H26FN3O3S/c1-16(31)30-11-10-18-6-9-21(12-22(18)25(30)19-4-7-20(27)8-5-19)33-14-24-29-23(15-34-24)26(32)28-13-17-2-3-17/h4-9,12,15,17,25H,2-3,10-11,13-14H2,1H3,(H,28,32)/t25-/m1/s1. The van der Waals surface area contributed by atoms with E-state index in [1.165, 1.54) is 36.3 Å². The van der Waals surface area contributed by atoms with Crippen molar-refractivity contribution in [3.05, 3.63) is 81.1 Å². The summed E-state index contributed by atoms with van der Waals surface area (Å²) in [4.78, 5) is 30.8. The summed E-state index contributed by atoms with van der Waals surface area (Å²) < 4.78 is 19.5. The molecule has 2 amide bonds. The molecule has 1 N–H and O–H groups in total. The van der Waals surface area contributed by atoms with Gasteiger partial charge in [0.05, 0.1) is 6.04 Å². The third-order valence-corrected chi connectivity index (χ3v) is 7.15. The number of halogens is 1. The highest BCUT2D eigenvalue weighted by Crippen LogP contribution is 2.37. The van der Waals surface area contributed by atoms with Gasteiger partial charge in [-0.3, -0.25) is 9.59 Å². The summed E-state index contributed by atoms with van der Waals surface area (Å²) in [6, 6.07) is 11.9. The highest BCUT2D eigenvalue weighted by molar-refractivity contribution is 7.09. The molecule has 8 heteroatoms. The molecular formula is C26H26FN3O3S. The Hall–Kier alpha value is -3.26. The predicted molar refractivity (Wildman–Crippen MR) is 127 cm³/mol. The number of rotatable bonds is 7. The van der Waals surface area contributed by atoms with Gasteiger partial charge in [0.25, 0.3) is 5.91 Å². The van der Waals surface area contributed by atoms with Gasteiger partial charge in [-0.2, -0.15) is 0 Å². The maximum absolute atomic E-state index is 13.5. The SMILES string of the molecule is CC(=O)N1CCc2ccc(OCc3nc(C(=O)NCC4CC4)cs3)cc2[C@H]1c1ccc(F)cc1. The molecule has 5 rings (SSSR count). The van der Waals surface area contributed by atoms with Crippen molar-refractivity contribution in [1.82, 2.24) is 15.2 Å². The molecule has 2 aliphatic rings. The highest BCUT2D eigenvalue weighted by atomic mass is 32.1. The Morgan fingerprint density at radius 2 is 2.00 bits per heavy atom. The lowest BCUT2D eigenvalue weighted by molar-refractivity contribution is -0.130. The van der Waals surface area contributed by atoms with E-state index in [0.717, 1.165) is 28.1 Å². The van der Waals surface area contributed by atoms with E-state index >= 15 is 0 Å². The zero-order chi connectivity index (χ0) is 23.7. The summed E-state index contributed by atoms with van der Waals surface area (Å²) in [5.74, 6) is 0.796. The van der Waals surface area contributed by atoms with Crippen LogP contribution < -0.4 is 10.1 Å². The lowest BCUT2D eigenvalue weighted by Gasteiger charge is -2.37. The fourth-order valence-corrected chi connectivity index (χ4v) is 4.99. The molecule has 0 spiro atoms. The van der Waals surface area contributed by atoms with Gasteiger partial charge in [0.1, 0.15) is 28.9 Å². The number of ether oxygens (including phenoxy) is 1. The number of carbonyl (C=O) groups excluding carboxylic acids is 2. The molecule has 2 aromatic carbocycles. The lowest BCUT2D eigenvalue weighted by Crippen LogP contribution is -2.39. The summed E-state index contributed by atoms with van der Waals surface area (Å²) in [7, 11) is 0. The summed E-state index contributed by atoms with van der Waals surface area (Å²) in [5, 5.41) is 5.40. The number of thiazole rings is 1. The first-order valence-corrected chi connectivity index (χ1v) is 12.4. The van der Waals surface area contributed by atoms with E-state index in [1.54, 1.807) is 24.4 Å². The van der Waals surface area contributed by atoms with Gasteiger partial charge in [-0.25, -0.2) is 9.37 Å². The zero-order valence-corrected chi connectivity index (χ0v) is 19.7. The number of nitrogens with zero attached hydrogens (tertiary/aromatic N) is 2. The minimum Gasteiger partial charge on any atom is -0.486 e. The molecular weight excluding hydrogens is 453 g/mol. The molecule has 1 fully saturated rings. The van der Waals surface area contributed by atoms with E-state index in [1.807, 2.05) is 23.1 Å². The summed E-state index contributed by atoms with van der Waals surface area (Å²) in [5.41, 5.74) is 3.40. The molecule has 3 aromatic rings. The Labute approximate surface area is 201 Å². The van der Waals surface area contributed by atoms with Crippen molar-refractivity contribution in [3.8, 4) is 5.75 Å². The maximum Gasteiger partial charge on any atom is 0.270 e. The smallest absolute Gasteiger partial charge is 0.270 e. The van der Waals surface area contributed by atoms with Crippen molar-refractivity contribution in [3.63, 3.8) is 0 Å². The van der Waals surface area contributed by atoms with Gasteiger partial charge >= 0.3 is 0 Å². The van der Waals surface area contributed by atoms with Crippen molar-refractivity contribution < 1.29 is 18.7 Å². The van der Waals surface area contributed by atoms with Crippen LogP contribution >= 0.6 is 11.3 Å². The molecule has 2 heterocycles. The Kier molecular flexibility index (Phi) is 6.32. The van der Waals surface area contributed by atoms with E-state index in [4.69, 9.17) is 4.74 Å². The number of carbonyl (C=O) groups is 2. The van der Waals surface area contributed by atoms with Crippen molar-refractivity contribution in [2.75, 3.05) is 13.1 Å². The Balaban J connectivity index is 1.32. The van der Waals surface area contributed by atoms with E-state index in [-0.39, 0.29) is 30.3 Å². The fraction of sp³-hybridized carbons (Fsp3) is 0.346. The van der Waals surface area contributed by atoms with Crippen molar-refractivity contribution >= 4 is 23.2 Å². The fourth-order valence-electron chi connectivity index (χ4n) is 4.30. The molecule has 0 bridgehead atoms. The summed E-state index contributed by atoms with van der Waals surface area (Å²) in [6.07, 6.45) is 3.12. The predicted octanol–water partition coefficient (Wildman–Crippen LogP) is 4.50. The van der Waals surface area contributed by atoms with Gasteiger partial charge in [-0.1, -0.05) is 18.2 Å². The third-order valence-electron chi connectivity index (χ3n) is 6.33. The monoisotopic (exact) mass is 479 g/mol. The number of aromatic nitrogens is 1. The first-order chi connectivity index (χ1) is 16.5. The van der Waals surface area contributed by atoms with Gasteiger partial charge in [0.2, 0.25) is 5.91 Å². The van der Waals surface area contributed by atoms with E-state index < -0.39 is 0 Å². The number of fused-ring (bicyclic) bond motifs is 1. The highest BCUT2D eigenvalue weighted by Gasteiger charge is 2.31. The van der Waals surface area contributed by atoms with Gasteiger partial charge in [-0.05, 0) is 66.1 Å². The third kappa shape index (κ3) is 4.97. The molecule has 1 aliphatic heterocycles. The average Bonchev–Trinajstić information content (AvgIpc) is 3.55. The molecule has 1 atom stereocenters. The maximum atomic E-state index is 13.5.